The summed E-state index contributed by atoms with van der Waals surface area (Å²) in [6.45, 7) is 2.93. The predicted octanol–water partition coefficient (Wildman–Crippen LogP) is 5.60. The van der Waals surface area contributed by atoms with Crippen LogP contribution in [0.3, 0.4) is 0 Å². The van der Waals surface area contributed by atoms with E-state index in [2.05, 4.69) is 48.6 Å². The van der Waals surface area contributed by atoms with Crippen LogP contribution in [0.1, 0.15) is 53.6 Å². The van der Waals surface area contributed by atoms with Crippen molar-refractivity contribution in [3.8, 4) is 0 Å². The number of thioether (sulfide) groups is 1. The summed E-state index contributed by atoms with van der Waals surface area (Å²) >= 11 is 1.82. The van der Waals surface area contributed by atoms with Gasteiger partial charge in [0.25, 0.3) is 5.91 Å². The van der Waals surface area contributed by atoms with Gasteiger partial charge in [-0.1, -0.05) is 49.1 Å². The monoisotopic (exact) mass is 353 g/mol. The number of nitrogens with one attached hydrogen (secondary N) is 1. The van der Waals surface area contributed by atoms with Crippen LogP contribution in [0, 0.1) is 12.8 Å². The quantitative estimate of drug-likeness (QED) is 0.685. The van der Waals surface area contributed by atoms with Crippen LogP contribution in [0.25, 0.3) is 0 Å². The van der Waals surface area contributed by atoms with Crippen LogP contribution in [-0.2, 0) is 5.75 Å². The van der Waals surface area contributed by atoms with Crippen LogP contribution in [0.2, 0.25) is 0 Å². The molecule has 1 fully saturated rings. The minimum absolute atomic E-state index is 0.0586. The van der Waals surface area contributed by atoms with Crippen molar-refractivity contribution in [2.75, 3.05) is 6.54 Å². The van der Waals surface area contributed by atoms with Gasteiger partial charge in [0.15, 0.2) is 0 Å². The Labute approximate surface area is 155 Å². The van der Waals surface area contributed by atoms with E-state index in [1.165, 1.54) is 48.1 Å². The Kier molecular flexibility index (Phi) is 6.57. The van der Waals surface area contributed by atoms with E-state index in [0.29, 0.717) is 5.92 Å². The van der Waals surface area contributed by atoms with Gasteiger partial charge < -0.3 is 5.32 Å². The highest BCUT2D eigenvalue weighted by Gasteiger charge is 2.14. The third kappa shape index (κ3) is 5.64. The first kappa shape index (κ1) is 18.1. The molecular formula is C22H27NOS. The lowest BCUT2D eigenvalue weighted by molar-refractivity contribution is 0.0943. The smallest absolute Gasteiger partial charge is 0.251 e. The number of benzene rings is 2. The molecular weight excluding hydrogens is 326 g/mol. The van der Waals surface area contributed by atoms with Crippen molar-refractivity contribution < 1.29 is 4.79 Å². The zero-order valence-corrected chi connectivity index (χ0v) is 15.8. The first-order chi connectivity index (χ1) is 12.2. The number of rotatable bonds is 6. The molecule has 2 aromatic rings. The van der Waals surface area contributed by atoms with Gasteiger partial charge in [0.1, 0.15) is 0 Å². The zero-order valence-electron chi connectivity index (χ0n) is 15.0. The van der Waals surface area contributed by atoms with Gasteiger partial charge >= 0.3 is 0 Å². The van der Waals surface area contributed by atoms with Gasteiger partial charge in [0.2, 0.25) is 0 Å². The van der Waals surface area contributed by atoms with Crippen LogP contribution in [0.4, 0.5) is 0 Å². The average Bonchev–Trinajstić information content (AvgIpc) is 2.67. The normalized spacial score (nSPS) is 15.1. The van der Waals surface area contributed by atoms with E-state index < -0.39 is 0 Å². The Hall–Kier alpha value is -1.74. The summed E-state index contributed by atoms with van der Waals surface area (Å²) in [6, 6.07) is 16.6. The third-order valence-electron chi connectivity index (χ3n) is 4.92. The van der Waals surface area contributed by atoms with Crippen molar-refractivity contribution in [1.29, 1.82) is 0 Å². The summed E-state index contributed by atoms with van der Waals surface area (Å²) in [5, 5.41) is 3.11. The van der Waals surface area contributed by atoms with Crippen LogP contribution < -0.4 is 5.32 Å². The number of carbonyl (C=O) groups excluding carboxylic acids is 1. The molecule has 0 radical (unpaired) electrons. The Morgan fingerprint density at radius 1 is 1.00 bits per heavy atom. The summed E-state index contributed by atoms with van der Waals surface area (Å²) in [6.07, 6.45) is 6.50. The topological polar surface area (TPSA) is 29.1 Å². The van der Waals surface area contributed by atoms with Crippen LogP contribution >= 0.6 is 11.8 Å². The molecule has 3 heteroatoms. The van der Waals surface area contributed by atoms with Crippen molar-refractivity contribution in [3.63, 3.8) is 0 Å². The second-order valence-electron chi connectivity index (χ2n) is 7.01. The maximum absolute atomic E-state index is 12.3. The molecule has 0 spiro atoms. The SMILES string of the molecule is Cc1ccc(SCc2ccc(C(=O)NCC3CCCCC3)cc2)cc1. The summed E-state index contributed by atoms with van der Waals surface area (Å²) < 4.78 is 0. The second-order valence-corrected chi connectivity index (χ2v) is 8.06. The molecule has 0 bridgehead atoms. The van der Waals surface area contributed by atoms with E-state index in [9.17, 15) is 4.79 Å². The molecule has 0 saturated heterocycles. The largest absolute Gasteiger partial charge is 0.352 e. The van der Waals surface area contributed by atoms with E-state index in [-0.39, 0.29) is 5.91 Å². The molecule has 0 atom stereocenters. The van der Waals surface area contributed by atoms with Crippen LogP contribution in [0.15, 0.2) is 53.4 Å². The number of carbonyl (C=O) groups is 1. The lowest BCUT2D eigenvalue weighted by Crippen LogP contribution is -2.30. The minimum Gasteiger partial charge on any atom is -0.352 e. The van der Waals surface area contributed by atoms with Crippen molar-refractivity contribution in [2.24, 2.45) is 5.92 Å². The maximum atomic E-state index is 12.3. The molecule has 0 aromatic heterocycles. The maximum Gasteiger partial charge on any atom is 0.251 e. The molecule has 1 saturated carbocycles. The summed E-state index contributed by atoms with van der Waals surface area (Å²) in [7, 11) is 0. The zero-order chi connectivity index (χ0) is 17.5. The van der Waals surface area contributed by atoms with Crippen molar-refractivity contribution in [1.82, 2.24) is 5.32 Å². The van der Waals surface area contributed by atoms with Gasteiger partial charge in [0.05, 0.1) is 0 Å². The van der Waals surface area contributed by atoms with Crippen molar-refractivity contribution in [2.45, 2.75) is 49.7 Å². The van der Waals surface area contributed by atoms with E-state index >= 15 is 0 Å². The van der Waals surface area contributed by atoms with Gasteiger partial charge in [-0.25, -0.2) is 0 Å². The Morgan fingerprint density at radius 2 is 1.68 bits per heavy atom. The molecule has 25 heavy (non-hydrogen) atoms. The number of hydrogen-bond acceptors (Lipinski definition) is 2. The predicted molar refractivity (Wildman–Crippen MR) is 106 cm³/mol. The molecule has 2 aromatic carbocycles. The first-order valence-corrected chi connectivity index (χ1v) is 10.3. The highest BCUT2D eigenvalue weighted by atomic mass is 32.2. The molecule has 0 heterocycles. The van der Waals surface area contributed by atoms with Gasteiger partial charge in [-0.05, 0) is 55.5 Å². The average molecular weight is 354 g/mol. The van der Waals surface area contributed by atoms with Gasteiger partial charge in [0, 0.05) is 22.8 Å². The lowest BCUT2D eigenvalue weighted by atomic mass is 9.89. The third-order valence-corrected chi connectivity index (χ3v) is 6.00. The Morgan fingerprint density at radius 3 is 2.36 bits per heavy atom. The van der Waals surface area contributed by atoms with Crippen molar-refractivity contribution in [3.05, 3.63) is 65.2 Å². The minimum atomic E-state index is 0.0586. The molecule has 1 N–H and O–H groups in total. The lowest BCUT2D eigenvalue weighted by Gasteiger charge is -2.21. The molecule has 3 rings (SSSR count). The van der Waals surface area contributed by atoms with E-state index in [0.717, 1.165) is 17.9 Å². The fourth-order valence-electron chi connectivity index (χ4n) is 3.28. The summed E-state index contributed by atoms with van der Waals surface area (Å²) in [4.78, 5) is 13.6. The Balaban J connectivity index is 1.47. The fourth-order valence-corrected chi connectivity index (χ4v) is 4.14. The first-order valence-electron chi connectivity index (χ1n) is 9.27. The number of hydrogen-bond donors (Lipinski definition) is 1. The molecule has 1 aliphatic carbocycles. The molecule has 0 unspecified atom stereocenters. The molecule has 0 aliphatic heterocycles. The van der Waals surface area contributed by atoms with Gasteiger partial charge in [-0.2, -0.15) is 0 Å². The highest BCUT2D eigenvalue weighted by molar-refractivity contribution is 7.98. The fraction of sp³-hybridized carbons (Fsp3) is 0.409. The molecule has 132 valence electrons. The number of amides is 1. The van der Waals surface area contributed by atoms with E-state index in [4.69, 9.17) is 0 Å². The second kappa shape index (κ2) is 9.10. The summed E-state index contributed by atoms with van der Waals surface area (Å²) in [5.41, 5.74) is 3.29. The van der Waals surface area contributed by atoms with Crippen LogP contribution in [0.5, 0.6) is 0 Å². The van der Waals surface area contributed by atoms with E-state index in [1.54, 1.807) is 0 Å². The van der Waals surface area contributed by atoms with Gasteiger partial charge in [-0.3, -0.25) is 4.79 Å². The molecule has 1 amide bonds. The van der Waals surface area contributed by atoms with Crippen LogP contribution in [-0.4, -0.2) is 12.5 Å². The Bertz CT molecular complexity index is 672. The van der Waals surface area contributed by atoms with Gasteiger partial charge in [-0.15, -0.1) is 11.8 Å². The van der Waals surface area contributed by atoms with E-state index in [1.807, 2.05) is 23.9 Å². The molecule has 1 aliphatic rings. The summed E-state index contributed by atoms with van der Waals surface area (Å²) in [5.74, 6) is 1.65. The van der Waals surface area contributed by atoms with Crippen molar-refractivity contribution >= 4 is 17.7 Å². The highest BCUT2D eigenvalue weighted by Crippen LogP contribution is 2.24. The number of aryl methyl sites for hydroxylation is 1. The standard InChI is InChI=1S/C22H27NOS/c1-17-7-13-21(14-8-17)25-16-19-9-11-20(12-10-19)22(24)23-15-18-5-3-2-4-6-18/h7-14,18H,2-6,15-16H2,1H3,(H,23,24). The molecule has 2 nitrogen and oxygen atoms in total.